The Labute approximate surface area is 106 Å². The summed E-state index contributed by atoms with van der Waals surface area (Å²) in [6, 6.07) is 0. The molecule has 0 aliphatic carbocycles. The van der Waals surface area contributed by atoms with Crippen LogP contribution in [-0.4, -0.2) is 44.1 Å². The molecule has 0 unspecified atom stereocenters. The maximum absolute atomic E-state index is 5.76. The number of aromatic nitrogens is 4. The summed E-state index contributed by atoms with van der Waals surface area (Å²) in [4.78, 5) is 14.7. The highest BCUT2D eigenvalue weighted by atomic mass is 15.2. The summed E-state index contributed by atoms with van der Waals surface area (Å²) < 4.78 is 1.96. The van der Waals surface area contributed by atoms with Crippen molar-refractivity contribution < 1.29 is 0 Å². The van der Waals surface area contributed by atoms with Crippen molar-refractivity contribution in [3.05, 3.63) is 6.33 Å². The summed E-state index contributed by atoms with van der Waals surface area (Å²) in [5.41, 5.74) is 12.7. The smallest absolute Gasteiger partial charge is 0.224 e. The van der Waals surface area contributed by atoms with Crippen LogP contribution in [0.2, 0.25) is 0 Å². The lowest BCUT2D eigenvalue weighted by Gasteiger charge is -2.17. The first-order valence-electron chi connectivity index (χ1n) is 6.11. The van der Waals surface area contributed by atoms with E-state index in [1.165, 1.54) is 0 Å². The van der Waals surface area contributed by atoms with E-state index in [1.807, 2.05) is 4.57 Å². The molecular formula is C11H19N7. The second-order valence-corrected chi connectivity index (χ2v) is 4.10. The number of hydrogen-bond acceptors (Lipinski definition) is 6. The Kier molecular flexibility index (Phi) is 3.61. The van der Waals surface area contributed by atoms with E-state index in [4.69, 9.17) is 11.5 Å². The Morgan fingerprint density at radius 1 is 1.22 bits per heavy atom. The molecule has 0 saturated heterocycles. The van der Waals surface area contributed by atoms with Gasteiger partial charge in [0.25, 0.3) is 0 Å². The third kappa shape index (κ3) is 2.35. The topological polar surface area (TPSA) is 98.9 Å². The van der Waals surface area contributed by atoms with E-state index in [0.717, 1.165) is 26.2 Å². The van der Waals surface area contributed by atoms with Crippen molar-refractivity contribution in [3.63, 3.8) is 0 Å². The molecule has 0 fully saturated rings. The summed E-state index contributed by atoms with van der Waals surface area (Å²) in [6.45, 7) is 8.11. The first kappa shape index (κ1) is 12.6. The van der Waals surface area contributed by atoms with E-state index in [-0.39, 0.29) is 5.95 Å². The van der Waals surface area contributed by atoms with Crippen LogP contribution in [-0.2, 0) is 6.54 Å². The van der Waals surface area contributed by atoms with Crippen molar-refractivity contribution in [2.24, 2.45) is 0 Å². The molecule has 0 aliphatic heterocycles. The Bertz CT molecular complexity index is 529. The van der Waals surface area contributed by atoms with Gasteiger partial charge in [-0.15, -0.1) is 0 Å². The van der Waals surface area contributed by atoms with Gasteiger partial charge in [0, 0.05) is 13.1 Å². The highest BCUT2D eigenvalue weighted by Gasteiger charge is 2.10. The van der Waals surface area contributed by atoms with Crippen LogP contribution in [0.15, 0.2) is 6.33 Å². The van der Waals surface area contributed by atoms with Crippen LogP contribution in [0.25, 0.3) is 11.2 Å². The molecule has 0 aromatic carbocycles. The first-order valence-corrected chi connectivity index (χ1v) is 6.11. The molecule has 0 saturated carbocycles. The normalized spacial score (nSPS) is 11.5. The molecule has 0 aliphatic rings. The fourth-order valence-electron chi connectivity index (χ4n) is 1.94. The van der Waals surface area contributed by atoms with E-state index in [9.17, 15) is 0 Å². The van der Waals surface area contributed by atoms with E-state index in [1.54, 1.807) is 6.33 Å². The maximum atomic E-state index is 5.76. The van der Waals surface area contributed by atoms with Crippen molar-refractivity contribution in [1.29, 1.82) is 0 Å². The number of nitrogen functional groups attached to an aromatic ring is 2. The molecule has 2 aromatic rings. The third-order valence-corrected chi connectivity index (χ3v) is 3.06. The Balaban J connectivity index is 2.24. The summed E-state index contributed by atoms with van der Waals surface area (Å²) in [7, 11) is 0. The standard InChI is InChI=1S/C11H19N7/c1-3-17(4-2)5-6-18-7-14-8-9(12)15-11(13)16-10(8)18/h7H,3-6H2,1-2H3,(H4,12,13,15,16). The number of likely N-dealkylation sites (N-methyl/N-ethyl adjacent to an activating group) is 1. The monoisotopic (exact) mass is 249 g/mol. The van der Waals surface area contributed by atoms with Gasteiger partial charge in [-0.05, 0) is 13.1 Å². The van der Waals surface area contributed by atoms with Crippen molar-refractivity contribution in [1.82, 2.24) is 24.4 Å². The second kappa shape index (κ2) is 5.18. The van der Waals surface area contributed by atoms with Gasteiger partial charge in [-0.3, -0.25) is 0 Å². The third-order valence-electron chi connectivity index (χ3n) is 3.06. The molecule has 0 radical (unpaired) electrons. The predicted molar refractivity (Wildman–Crippen MR) is 71.9 cm³/mol. The minimum absolute atomic E-state index is 0.185. The summed E-state index contributed by atoms with van der Waals surface area (Å²) in [5.74, 6) is 0.517. The van der Waals surface area contributed by atoms with Gasteiger partial charge in [-0.25, -0.2) is 4.98 Å². The number of rotatable bonds is 5. The number of imidazole rings is 1. The average Bonchev–Trinajstić information content (AvgIpc) is 2.74. The fraction of sp³-hybridized carbons (Fsp3) is 0.545. The quantitative estimate of drug-likeness (QED) is 0.792. The highest BCUT2D eigenvalue weighted by molar-refractivity contribution is 5.82. The minimum Gasteiger partial charge on any atom is -0.382 e. The second-order valence-electron chi connectivity index (χ2n) is 4.10. The van der Waals surface area contributed by atoms with Crippen LogP contribution in [0.1, 0.15) is 13.8 Å². The molecule has 2 heterocycles. The molecule has 2 aromatic heterocycles. The van der Waals surface area contributed by atoms with Gasteiger partial charge in [-0.2, -0.15) is 9.97 Å². The highest BCUT2D eigenvalue weighted by Crippen LogP contribution is 2.16. The lowest BCUT2D eigenvalue weighted by molar-refractivity contribution is 0.291. The van der Waals surface area contributed by atoms with E-state index in [0.29, 0.717) is 17.0 Å². The molecule has 4 N–H and O–H groups in total. The van der Waals surface area contributed by atoms with E-state index < -0.39 is 0 Å². The van der Waals surface area contributed by atoms with Gasteiger partial charge in [0.15, 0.2) is 11.5 Å². The lowest BCUT2D eigenvalue weighted by atomic mass is 10.4. The van der Waals surface area contributed by atoms with Crippen molar-refractivity contribution in [2.45, 2.75) is 20.4 Å². The van der Waals surface area contributed by atoms with Crippen LogP contribution < -0.4 is 11.5 Å². The molecular weight excluding hydrogens is 230 g/mol. The predicted octanol–water partition coefficient (Wildman–Crippen LogP) is 0.333. The number of anilines is 2. The maximum Gasteiger partial charge on any atom is 0.224 e. The number of nitrogens with zero attached hydrogens (tertiary/aromatic N) is 5. The molecule has 7 heteroatoms. The summed E-state index contributed by atoms with van der Waals surface area (Å²) in [6.07, 6.45) is 1.73. The molecule has 0 bridgehead atoms. The van der Waals surface area contributed by atoms with Gasteiger partial charge in [0.1, 0.15) is 5.52 Å². The van der Waals surface area contributed by atoms with Crippen LogP contribution in [0.4, 0.5) is 11.8 Å². The number of hydrogen-bond donors (Lipinski definition) is 2. The van der Waals surface area contributed by atoms with Crippen LogP contribution in [0.5, 0.6) is 0 Å². The van der Waals surface area contributed by atoms with Crippen molar-refractivity contribution in [3.8, 4) is 0 Å². The van der Waals surface area contributed by atoms with Crippen LogP contribution in [0.3, 0.4) is 0 Å². The zero-order valence-electron chi connectivity index (χ0n) is 10.8. The summed E-state index contributed by atoms with van der Waals surface area (Å²) >= 11 is 0. The van der Waals surface area contributed by atoms with Gasteiger partial charge in [-0.1, -0.05) is 13.8 Å². The zero-order valence-corrected chi connectivity index (χ0v) is 10.8. The Hall–Kier alpha value is -1.89. The fourth-order valence-corrected chi connectivity index (χ4v) is 1.94. The molecule has 2 rings (SSSR count). The molecule has 18 heavy (non-hydrogen) atoms. The SMILES string of the molecule is CCN(CC)CCn1cnc2c(N)nc(N)nc21. The number of nitrogens with two attached hydrogens (primary N) is 2. The molecule has 0 spiro atoms. The van der Waals surface area contributed by atoms with Gasteiger partial charge in [0.2, 0.25) is 5.95 Å². The molecule has 98 valence electrons. The van der Waals surface area contributed by atoms with Crippen molar-refractivity contribution in [2.75, 3.05) is 31.1 Å². The molecule has 7 nitrogen and oxygen atoms in total. The molecule has 0 amide bonds. The lowest BCUT2D eigenvalue weighted by Crippen LogP contribution is -2.26. The molecule has 0 atom stereocenters. The Morgan fingerprint density at radius 2 is 1.94 bits per heavy atom. The van der Waals surface area contributed by atoms with Crippen molar-refractivity contribution >= 4 is 22.9 Å². The van der Waals surface area contributed by atoms with E-state index >= 15 is 0 Å². The number of fused-ring (bicyclic) bond motifs is 1. The first-order chi connectivity index (χ1) is 8.65. The largest absolute Gasteiger partial charge is 0.382 e. The minimum atomic E-state index is 0.185. The van der Waals surface area contributed by atoms with Gasteiger partial charge in [0.05, 0.1) is 6.33 Å². The average molecular weight is 249 g/mol. The zero-order chi connectivity index (χ0) is 13.1. The van der Waals surface area contributed by atoms with Crippen LogP contribution in [0, 0.1) is 0 Å². The van der Waals surface area contributed by atoms with E-state index in [2.05, 4.69) is 33.7 Å². The Morgan fingerprint density at radius 3 is 2.61 bits per heavy atom. The van der Waals surface area contributed by atoms with Gasteiger partial charge < -0.3 is 20.9 Å². The van der Waals surface area contributed by atoms with Crippen LogP contribution >= 0.6 is 0 Å². The summed E-state index contributed by atoms with van der Waals surface area (Å²) in [5, 5.41) is 0. The van der Waals surface area contributed by atoms with Gasteiger partial charge >= 0.3 is 0 Å².